The molecule has 3 rings (SSSR count). The van der Waals surface area contributed by atoms with Crippen LogP contribution in [0.3, 0.4) is 0 Å². The Labute approximate surface area is 170 Å². The minimum absolute atomic E-state index is 0.0527. The van der Waals surface area contributed by atoms with Crippen molar-refractivity contribution in [2.45, 2.75) is 40.2 Å². The number of fused-ring (bicyclic) bond motifs is 1. The lowest BCUT2D eigenvalue weighted by molar-refractivity contribution is -0.133. The van der Waals surface area contributed by atoms with Crippen molar-refractivity contribution in [2.75, 3.05) is 11.9 Å². The average molecular weight is 394 g/mol. The Bertz CT molecular complexity index is 1030. The van der Waals surface area contributed by atoms with Crippen LogP contribution in [0, 0.1) is 13.8 Å². The van der Waals surface area contributed by atoms with Crippen molar-refractivity contribution in [2.24, 2.45) is 0 Å². The van der Waals surface area contributed by atoms with Crippen LogP contribution in [-0.2, 0) is 11.2 Å². The minimum Gasteiger partial charge on any atom is -0.464 e. The lowest BCUT2D eigenvalue weighted by Gasteiger charge is -2.20. The number of furan rings is 1. The molecule has 0 aliphatic carbocycles. The number of urea groups is 1. The summed E-state index contributed by atoms with van der Waals surface area (Å²) in [6.07, 6.45) is 1.73. The predicted molar refractivity (Wildman–Crippen MR) is 114 cm³/mol. The van der Waals surface area contributed by atoms with Gasteiger partial charge in [0.05, 0.1) is 12.7 Å². The Morgan fingerprint density at radius 3 is 2.45 bits per heavy atom. The van der Waals surface area contributed by atoms with Gasteiger partial charge in [0, 0.05) is 29.7 Å². The summed E-state index contributed by atoms with van der Waals surface area (Å²) in [6, 6.07) is 10.7. The number of hydrogen-bond acceptors (Lipinski definition) is 4. The zero-order chi connectivity index (χ0) is 21.1. The molecule has 0 unspecified atom stereocenters. The maximum absolute atomic E-state index is 12.4. The Kier molecular flexibility index (Phi) is 5.92. The van der Waals surface area contributed by atoms with Gasteiger partial charge in [-0.25, -0.2) is 4.79 Å². The van der Waals surface area contributed by atoms with E-state index in [-0.39, 0.29) is 24.5 Å². The summed E-state index contributed by atoms with van der Waals surface area (Å²) in [5, 5.41) is 3.76. The van der Waals surface area contributed by atoms with E-state index in [2.05, 4.69) is 5.32 Å². The lowest BCUT2D eigenvalue weighted by Crippen LogP contribution is -2.40. The SMILES string of the molecule is Cc1ccc2c(CC(=O)Oc3ccc(N(C)C(=O)NC(C)C)cc3)coc2c1C. The van der Waals surface area contributed by atoms with Crippen molar-refractivity contribution < 1.29 is 18.7 Å². The van der Waals surface area contributed by atoms with E-state index in [4.69, 9.17) is 9.15 Å². The monoisotopic (exact) mass is 394 g/mol. The van der Waals surface area contributed by atoms with Crippen LogP contribution in [0.2, 0.25) is 0 Å². The van der Waals surface area contributed by atoms with E-state index in [0.717, 1.165) is 27.7 Å². The summed E-state index contributed by atoms with van der Waals surface area (Å²) in [5.41, 5.74) is 4.53. The number of anilines is 1. The third-order valence-corrected chi connectivity index (χ3v) is 4.85. The van der Waals surface area contributed by atoms with Crippen LogP contribution >= 0.6 is 0 Å². The van der Waals surface area contributed by atoms with Crippen molar-refractivity contribution in [3.05, 3.63) is 59.4 Å². The molecule has 1 heterocycles. The molecule has 29 heavy (non-hydrogen) atoms. The molecule has 0 spiro atoms. The molecule has 0 aliphatic rings. The quantitative estimate of drug-likeness (QED) is 0.501. The fourth-order valence-electron chi connectivity index (χ4n) is 3.05. The number of hydrogen-bond donors (Lipinski definition) is 1. The molecule has 0 bridgehead atoms. The van der Waals surface area contributed by atoms with Gasteiger partial charge in [0.1, 0.15) is 11.3 Å². The van der Waals surface area contributed by atoms with Gasteiger partial charge < -0.3 is 14.5 Å². The van der Waals surface area contributed by atoms with Gasteiger partial charge in [-0.1, -0.05) is 12.1 Å². The molecule has 2 aromatic carbocycles. The Balaban J connectivity index is 1.66. The summed E-state index contributed by atoms with van der Waals surface area (Å²) >= 11 is 0. The molecule has 3 aromatic rings. The fraction of sp³-hybridized carbons (Fsp3) is 0.304. The van der Waals surface area contributed by atoms with E-state index in [9.17, 15) is 9.59 Å². The number of nitrogens with one attached hydrogen (secondary N) is 1. The first-order valence-electron chi connectivity index (χ1n) is 9.57. The van der Waals surface area contributed by atoms with Crippen LogP contribution < -0.4 is 15.0 Å². The third kappa shape index (κ3) is 4.59. The maximum atomic E-state index is 12.4. The predicted octanol–water partition coefficient (Wildman–Crippen LogP) is 4.75. The highest BCUT2D eigenvalue weighted by molar-refractivity contribution is 5.92. The van der Waals surface area contributed by atoms with Gasteiger partial charge in [-0.05, 0) is 63.1 Å². The number of rotatable bonds is 5. The van der Waals surface area contributed by atoms with E-state index in [1.54, 1.807) is 37.6 Å². The summed E-state index contributed by atoms with van der Waals surface area (Å²) in [6.45, 7) is 7.84. The Morgan fingerprint density at radius 1 is 1.10 bits per heavy atom. The van der Waals surface area contributed by atoms with Gasteiger partial charge >= 0.3 is 12.0 Å². The Hall–Kier alpha value is -3.28. The third-order valence-electron chi connectivity index (χ3n) is 4.85. The van der Waals surface area contributed by atoms with Crippen molar-refractivity contribution in [3.8, 4) is 5.75 Å². The molecule has 0 fully saturated rings. The van der Waals surface area contributed by atoms with Crippen molar-refractivity contribution in [1.82, 2.24) is 5.32 Å². The first kappa shape index (κ1) is 20.5. The molecule has 0 saturated carbocycles. The number of aryl methyl sites for hydroxylation is 2. The van der Waals surface area contributed by atoms with E-state index in [0.29, 0.717) is 11.4 Å². The number of nitrogens with zero attached hydrogens (tertiary/aromatic N) is 1. The van der Waals surface area contributed by atoms with Gasteiger partial charge in [-0.15, -0.1) is 0 Å². The number of esters is 1. The molecule has 2 amide bonds. The molecule has 6 heteroatoms. The molecule has 0 radical (unpaired) electrons. The molecule has 6 nitrogen and oxygen atoms in total. The van der Waals surface area contributed by atoms with Crippen LogP contribution in [0.15, 0.2) is 47.1 Å². The summed E-state index contributed by atoms with van der Waals surface area (Å²) in [4.78, 5) is 26.0. The minimum atomic E-state index is -0.371. The second-order valence-corrected chi connectivity index (χ2v) is 7.45. The van der Waals surface area contributed by atoms with Crippen LogP contribution in [0.4, 0.5) is 10.5 Å². The summed E-state index contributed by atoms with van der Waals surface area (Å²) in [5.74, 6) is 0.0563. The zero-order valence-corrected chi connectivity index (χ0v) is 17.4. The molecular formula is C23H26N2O4. The van der Waals surface area contributed by atoms with Gasteiger partial charge in [-0.3, -0.25) is 9.69 Å². The first-order chi connectivity index (χ1) is 13.8. The smallest absolute Gasteiger partial charge is 0.321 e. The number of amides is 2. The van der Waals surface area contributed by atoms with Gasteiger partial charge in [0.15, 0.2) is 0 Å². The average Bonchev–Trinajstić information content (AvgIpc) is 3.07. The number of ether oxygens (including phenoxy) is 1. The molecule has 1 aromatic heterocycles. The molecular weight excluding hydrogens is 368 g/mol. The van der Waals surface area contributed by atoms with Crippen molar-refractivity contribution in [3.63, 3.8) is 0 Å². The standard InChI is InChI=1S/C23H26N2O4/c1-14(2)24-23(27)25(5)18-7-9-19(10-8-18)29-21(26)12-17-13-28-22-16(4)15(3)6-11-20(17)22/h6-11,13-14H,12H2,1-5H3,(H,24,27). The fourth-order valence-corrected chi connectivity index (χ4v) is 3.05. The van der Waals surface area contributed by atoms with Crippen LogP contribution in [0.25, 0.3) is 11.0 Å². The van der Waals surface area contributed by atoms with Crippen LogP contribution in [0.5, 0.6) is 5.75 Å². The van der Waals surface area contributed by atoms with E-state index in [1.807, 2.05) is 39.8 Å². The van der Waals surface area contributed by atoms with E-state index < -0.39 is 0 Å². The highest BCUT2D eigenvalue weighted by Crippen LogP contribution is 2.27. The summed E-state index contributed by atoms with van der Waals surface area (Å²) < 4.78 is 11.1. The van der Waals surface area contributed by atoms with Crippen LogP contribution in [-0.4, -0.2) is 25.1 Å². The van der Waals surface area contributed by atoms with Gasteiger partial charge in [-0.2, -0.15) is 0 Å². The molecule has 152 valence electrons. The summed E-state index contributed by atoms with van der Waals surface area (Å²) in [7, 11) is 1.69. The highest BCUT2D eigenvalue weighted by Gasteiger charge is 2.15. The topological polar surface area (TPSA) is 71.8 Å². The molecule has 0 aliphatic heterocycles. The maximum Gasteiger partial charge on any atom is 0.321 e. The molecule has 1 N–H and O–H groups in total. The number of carbonyl (C=O) groups is 2. The van der Waals surface area contributed by atoms with E-state index >= 15 is 0 Å². The second-order valence-electron chi connectivity index (χ2n) is 7.45. The van der Waals surface area contributed by atoms with Gasteiger partial charge in [0.25, 0.3) is 0 Å². The van der Waals surface area contributed by atoms with Crippen LogP contribution in [0.1, 0.15) is 30.5 Å². The molecule has 0 atom stereocenters. The number of benzene rings is 2. The second kappa shape index (κ2) is 8.39. The highest BCUT2D eigenvalue weighted by atomic mass is 16.5. The largest absolute Gasteiger partial charge is 0.464 e. The first-order valence-corrected chi connectivity index (χ1v) is 9.57. The Morgan fingerprint density at radius 2 is 1.79 bits per heavy atom. The van der Waals surface area contributed by atoms with Crippen molar-refractivity contribution >= 4 is 28.7 Å². The number of carbonyl (C=O) groups excluding carboxylic acids is 2. The van der Waals surface area contributed by atoms with E-state index in [1.165, 1.54) is 4.90 Å². The molecule has 0 saturated heterocycles. The lowest BCUT2D eigenvalue weighted by atomic mass is 10.0. The normalized spacial score (nSPS) is 11.0. The van der Waals surface area contributed by atoms with Gasteiger partial charge in [0.2, 0.25) is 0 Å². The zero-order valence-electron chi connectivity index (χ0n) is 17.4. The van der Waals surface area contributed by atoms with Crippen molar-refractivity contribution in [1.29, 1.82) is 0 Å².